The first-order valence-corrected chi connectivity index (χ1v) is 5.19. The van der Waals surface area contributed by atoms with Gasteiger partial charge in [-0.15, -0.1) is 0 Å². The zero-order valence-corrected chi connectivity index (χ0v) is 8.44. The number of carbonyl (C=O) groups is 1. The average Bonchev–Trinajstić information content (AvgIpc) is 2.86. The molecule has 0 bridgehead atoms. The molecule has 0 spiro atoms. The Balaban J connectivity index is 1.84. The van der Waals surface area contributed by atoms with E-state index in [4.69, 9.17) is 14.3 Å². The maximum Gasteiger partial charge on any atom is 0.371 e. The molecular formula is C11H14O4. The Bertz CT molecular complexity index is 336. The number of hydrogen-bond donors (Lipinski definition) is 1. The van der Waals surface area contributed by atoms with Crippen molar-refractivity contribution in [2.24, 2.45) is 0 Å². The molecule has 1 saturated carbocycles. The van der Waals surface area contributed by atoms with Gasteiger partial charge in [-0.1, -0.05) is 12.8 Å². The van der Waals surface area contributed by atoms with E-state index in [1.54, 1.807) is 6.07 Å². The van der Waals surface area contributed by atoms with Gasteiger partial charge in [-0.2, -0.15) is 0 Å². The van der Waals surface area contributed by atoms with Crippen LogP contribution in [0.5, 0.6) is 0 Å². The van der Waals surface area contributed by atoms with Crippen LogP contribution in [0.25, 0.3) is 0 Å². The Labute approximate surface area is 87.8 Å². The molecule has 1 heterocycles. The van der Waals surface area contributed by atoms with Crippen LogP contribution in [0, 0.1) is 0 Å². The van der Waals surface area contributed by atoms with E-state index in [9.17, 15) is 4.79 Å². The molecular weight excluding hydrogens is 196 g/mol. The van der Waals surface area contributed by atoms with Gasteiger partial charge in [0.15, 0.2) is 0 Å². The number of aromatic carboxylic acids is 1. The summed E-state index contributed by atoms with van der Waals surface area (Å²) in [7, 11) is 0. The third kappa shape index (κ3) is 2.59. The summed E-state index contributed by atoms with van der Waals surface area (Å²) < 4.78 is 10.7. The minimum absolute atomic E-state index is 0.0278. The van der Waals surface area contributed by atoms with Crippen LogP contribution in [0.3, 0.4) is 0 Å². The van der Waals surface area contributed by atoms with Gasteiger partial charge in [0, 0.05) is 0 Å². The van der Waals surface area contributed by atoms with E-state index in [2.05, 4.69) is 0 Å². The van der Waals surface area contributed by atoms with E-state index in [1.165, 1.54) is 18.9 Å². The Hall–Kier alpha value is -1.29. The van der Waals surface area contributed by atoms with Gasteiger partial charge in [0.05, 0.1) is 6.10 Å². The van der Waals surface area contributed by atoms with Crippen molar-refractivity contribution in [1.29, 1.82) is 0 Å². The molecule has 0 radical (unpaired) electrons. The van der Waals surface area contributed by atoms with Crippen molar-refractivity contribution in [3.8, 4) is 0 Å². The van der Waals surface area contributed by atoms with Gasteiger partial charge in [-0.25, -0.2) is 4.79 Å². The summed E-state index contributed by atoms with van der Waals surface area (Å²) in [5, 5.41) is 8.64. The Morgan fingerprint density at radius 2 is 2.20 bits per heavy atom. The highest BCUT2D eigenvalue weighted by Gasteiger charge is 2.16. The van der Waals surface area contributed by atoms with Crippen LogP contribution in [0.1, 0.15) is 42.0 Å². The number of rotatable bonds is 4. The summed E-state index contributed by atoms with van der Waals surface area (Å²) in [5.41, 5.74) is 0. The minimum Gasteiger partial charge on any atom is -0.475 e. The molecule has 1 N–H and O–H groups in total. The van der Waals surface area contributed by atoms with Crippen LogP contribution >= 0.6 is 0 Å². The Morgan fingerprint density at radius 3 is 2.80 bits per heavy atom. The van der Waals surface area contributed by atoms with Gasteiger partial charge in [-0.3, -0.25) is 0 Å². The number of hydrogen-bond acceptors (Lipinski definition) is 3. The van der Waals surface area contributed by atoms with E-state index in [0.717, 1.165) is 12.8 Å². The summed E-state index contributed by atoms with van der Waals surface area (Å²) in [6.45, 7) is 0.373. The van der Waals surface area contributed by atoms with Gasteiger partial charge in [0.25, 0.3) is 0 Å². The first-order valence-electron chi connectivity index (χ1n) is 5.19. The second-order valence-electron chi connectivity index (χ2n) is 3.79. The predicted octanol–water partition coefficient (Wildman–Crippen LogP) is 2.44. The third-order valence-electron chi connectivity index (χ3n) is 2.64. The van der Waals surface area contributed by atoms with Crippen molar-refractivity contribution < 1.29 is 19.1 Å². The lowest BCUT2D eigenvalue weighted by Crippen LogP contribution is -2.06. The van der Waals surface area contributed by atoms with Gasteiger partial charge < -0.3 is 14.3 Å². The summed E-state index contributed by atoms with van der Waals surface area (Å²) in [6, 6.07) is 3.11. The minimum atomic E-state index is -1.04. The fraction of sp³-hybridized carbons (Fsp3) is 0.545. The van der Waals surface area contributed by atoms with Crippen molar-refractivity contribution in [3.63, 3.8) is 0 Å². The fourth-order valence-electron chi connectivity index (χ4n) is 1.83. The highest BCUT2D eigenvalue weighted by atomic mass is 16.5. The lowest BCUT2D eigenvalue weighted by atomic mass is 10.3. The quantitative estimate of drug-likeness (QED) is 0.829. The van der Waals surface area contributed by atoms with E-state index in [0.29, 0.717) is 18.5 Å². The SMILES string of the molecule is O=C(O)c1ccc(COC2CCCC2)o1. The molecule has 1 aliphatic rings. The predicted molar refractivity (Wildman–Crippen MR) is 52.7 cm³/mol. The Kier molecular flexibility index (Phi) is 3.06. The first kappa shape index (κ1) is 10.2. The highest BCUT2D eigenvalue weighted by Crippen LogP contribution is 2.22. The molecule has 1 fully saturated rings. The zero-order chi connectivity index (χ0) is 10.7. The molecule has 15 heavy (non-hydrogen) atoms. The maximum absolute atomic E-state index is 10.5. The van der Waals surface area contributed by atoms with Crippen LogP contribution in [-0.2, 0) is 11.3 Å². The molecule has 4 heteroatoms. The van der Waals surface area contributed by atoms with Crippen LogP contribution < -0.4 is 0 Å². The number of carboxylic acid groups (broad SMARTS) is 1. The molecule has 4 nitrogen and oxygen atoms in total. The summed E-state index contributed by atoms with van der Waals surface area (Å²) in [6.07, 6.45) is 4.98. The van der Waals surface area contributed by atoms with Crippen LogP contribution in [0.4, 0.5) is 0 Å². The molecule has 0 saturated heterocycles. The lowest BCUT2D eigenvalue weighted by molar-refractivity contribution is 0.0344. The molecule has 2 rings (SSSR count). The molecule has 82 valence electrons. The Morgan fingerprint density at radius 1 is 1.47 bits per heavy atom. The first-order chi connectivity index (χ1) is 7.25. The highest BCUT2D eigenvalue weighted by molar-refractivity contribution is 5.84. The van der Waals surface area contributed by atoms with Crippen LogP contribution in [0.2, 0.25) is 0 Å². The zero-order valence-electron chi connectivity index (χ0n) is 8.44. The van der Waals surface area contributed by atoms with Crippen molar-refractivity contribution in [2.75, 3.05) is 0 Å². The van der Waals surface area contributed by atoms with E-state index >= 15 is 0 Å². The average molecular weight is 210 g/mol. The van der Waals surface area contributed by atoms with Gasteiger partial charge >= 0.3 is 5.97 Å². The molecule has 0 aliphatic heterocycles. The summed E-state index contributed by atoms with van der Waals surface area (Å²) in [4.78, 5) is 10.5. The number of ether oxygens (including phenoxy) is 1. The molecule has 0 unspecified atom stereocenters. The van der Waals surface area contributed by atoms with E-state index in [-0.39, 0.29) is 5.76 Å². The van der Waals surface area contributed by atoms with Crippen molar-refractivity contribution >= 4 is 5.97 Å². The third-order valence-corrected chi connectivity index (χ3v) is 2.64. The standard InChI is InChI=1S/C11H14O4/c12-11(13)10-6-5-9(15-10)7-14-8-3-1-2-4-8/h5-6,8H,1-4,7H2,(H,12,13). The van der Waals surface area contributed by atoms with Gasteiger partial charge in [0.1, 0.15) is 12.4 Å². The van der Waals surface area contributed by atoms with E-state index < -0.39 is 5.97 Å². The van der Waals surface area contributed by atoms with Gasteiger partial charge in [-0.05, 0) is 25.0 Å². The summed E-state index contributed by atoms with van der Waals surface area (Å²) in [5.74, 6) is -0.485. The van der Waals surface area contributed by atoms with Crippen molar-refractivity contribution in [3.05, 3.63) is 23.7 Å². The van der Waals surface area contributed by atoms with Crippen molar-refractivity contribution in [1.82, 2.24) is 0 Å². The molecule has 1 aromatic rings. The fourth-order valence-corrected chi connectivity index (χ4v) is 1.83. The topological polar surface area (TPSA) is 59.7 Å². The smallest absolute Gasteiger partial charge is 0.371 e. The van der Waals surface area contributed by atoms with Crippen LogP contribution in [0.15, 0.2) is 16.5 Å². The molecule has 0 amide bonds. The normalized spacial score (nSPS) is 17.1. The largest absolute Gasteiger partial charge is 0.475 e. The monoisotopic (exact) mass is 210 g/mol. The number of furan rings is 1. The lowest BCUT2D eigenvalue weighted by Gasteiger charge is -2.08. The summed E-state index contributed by atoms with van der Waals surface area (Å²) >= 11 is 0. The molecule has 0 aromatic carbocycles. The second kappa shape index (κ2) is 4.49. The van der Waals surface area contributed by atoms with E-state index in [1.807, 2.05) is 0 Å². The molecule has 1 aliphatic carbocycles. The maximum atomic E-state index is 10.5. The molecule has 1 aromatic heterocycles. The van der Waals surface area contributed by atoms with Crippen molar-refractivity contribution in [2.45, 2.75) is 38.4 Å². The van der Waals surface area contributed by atoms with Gasteiger partial charge in [0.2, 0.25) is 5.76 Å². The second-order valence-corrected chi connectivity index (χ2v) is 3.79. The number of carboxylic acids is 1. The van der Waals surface area contributed by atoms with Crippen LogP contribution in [-0.4, -0.2) is 17.2 Å². The molecule has 0 atom stereocenters.